The van der Waals surface area contributed by atoms with E-state index in [2.05, 4.69) is 52.7 Å². The van der Waals surface area contributed by atoms with Crippen molar-refractivity contribution in [1.82, 2.24) is 45.5 Å². The fourth-order valence-electron chi connectivity index (χ4n) is 8.79. The minimum absolute atomic E-state index is 0.0861. The molecule has 1 spiro atoms. The quantitative estimate of drug-likeness (QED) is 0.365. The highest BCUT2D eigenvalue weighted by molar-refractivity contribution is 5.86. The van der Waals surface area contributed by atoms with Crippen molar-refractivity contribution in [3.63, 3.8) is 0 Å². The third-order valence-electron chi connectivity index (χ3n) is 11.5. The molecule has 50 heavy (non-hydrogen) atoms. The number of fused-ring (bicyclic) bond motifs is 1. The lowest BCUT2D eigenvalue weighted by Gasteiger charge is -2.38. The lowest BCUT2D eigenvalue weighted by molar-refractivity contribution is -0.139. The molecule has 3 aromatic rings. The Hall–Kier alpha value is -4.26. The molecule has 0 radical (unpaired) electrons. The smallest absolute Gasteiger partial charge is 0.237 e. The van der Waals surface area contributed by atoms with Gasteiger partial charge in [0.25, 0.3) is 0 Å². The van der Waals surface area contributed by atoms with Crippen LogP contribution < -0.4 is 15.6 Å². The van der Waals surface area contributed by atoms with Gasteiger partial charge in [0, 0.05) is 74.7 Å². The minimum Gasteiger partial charge on any atom is -0.475 e. The van der Waals surface area contributed by atoms with Crippen molar-refractivity contribution >= 4 is 17.4 Å². The van der Waals surface area contributed by atoms with Crippen molar-refractivity contribution in [2.75, 3.05) is 39.3 Å². The summed E-state index contributed by atoms with van der Waals surface area (Å²) < 4.78 is 5.75. The molecular formula is C38H47N9O3. The highest BCUT2D eigenvalue weighted by atomic mass is 16.5. The Balaban J connectivity index is 0.841. The first kappa shape index (κ1) is 32.9. The molecule has 5 atom stereocenters. The third-order valence-corrected chi connectivity index (χ3v) is 11.5. The summed E-state index contributed by atoms with van der Waals surface area (Å²) in [4.78, 5) is 51.7. The van der Waals surface area contributed by atoms with Crippen LogP contribution in [0, 0.1) is 11.3 Å². The standard InChI is InChI=1S/C38H47N9O3/c1-25(2)50-33-9-5-27(21-42-33)35-30-20-29(6-8-32(30)43-44-35)47-19-13-38(37(47)49)12-18-45(24-38)23-34(48)46-16-10-26(11-17-46)31-7-4-28(22-41-31)36-39-14-3-15-40-36/h3-5,7,9-10,14-15,21-22,25,29-30,32,35,43-44H,6,8,11-13,16-20,23-24H2,1-2H3/t29?,30?,32?,35?,38-/m0/s1. The van der Waals surface area contributed by atoms with Crippen molar-refractivity contribution in [3.8, 4) is 17.3 Å². The van der Waals surface area contributed by atoms with Crippen LogP contribution in [-0.2, 0) is 9.59 Å². The maximum absolute atomic E-state index is 14.1. The third kappa shape index (κ3) is 6.52. The van der Waals surface area contributed by atoms with Gasteiger partial charge in [-0.25, -0.2) is 20.4 Å². The topological polar surface area (TPSA) is 129 Å². The van der Waals surface area contributed by atoms with E-state index in [1.807, 2.05) is 49.3 Å². The van der Waals surface area contributed by atoms with Gasteiger partial charge in [-0.05, 0) is 94.2 Å². The summed E-state index contributed by atoms with van der Waals surface area (Å²) in [6.07, 6.45) is 14.9. The highest BCUT2D eigenvalue weighted by Gasteiger charge is 2.53. The SMILES string of the molecule is CC(C)Oc1ccc(C2NNC3CCC(N4CC[C@]5(CCN(CC(=O)N6CC=C(c7ccc(-c8ncccn8)cn7)CC6)C5)C4=O)CC32)cn1. The van der Waals surface area contributed by atoms with Gasteiger partial charge in [-0.3, -0.25) is 24.9 Å². The molecule has 3 saturated heterocycles. The lowest BCUT2D eigenvalue weighted by Crippen LogP contribution is -2.47. The van der Waals surface area contributed by atoms with Gasteiger partial charge in [0.1, 0.15) is 0 Å². The molecule has 4 unspecified atom stereocenters. The lowest BCUT2D eigenvalue weighted by atomic mass is 9.77. The van der Waals surface area contributed by atoms with Crippen molar-refractivity contribution in [1.29, 1.82) is 0 Å². The molecule has 2 N–H and O–H groups in total. The van der Waals surface area contributed by atoms with Crippen LogP contribution in [0.25, 0.3) is 17.0 Å². The zero-order chi connectivity index (χ0) is 34.2. The minimum atomic E-state index is -0.365. The fraction of sp³-hybridized carbons (Fsp3) is 0.526. The second kappa shape index (κ2) is 13.8. The number of carbonyl (C=O) groups excluding carboxylic acids is 2. The van der Waals surface area contributed by atoms with E-state index in [1.165, 1.54) is 0 Å². The van der Waals surface area contributed by atoms with Gasteiger partial charge in [0.2, 0.25) is 17.7 Å². The zero-order valence-corrected chi connectivity index (χ0v) is 29.0. The average molecular weight is 678 g/mol. The number of likely N-dealkylation sites (tertiary alicyclic amines) is 2. The molecule has 5 aliphatic rings. The van der Waals surface area contributed by atoms with Crippen LogP contribution in [0.15, 0.2) is 61.2 Å². The van der Waals surface area contributed by atoms with E-state index >= 15 is 0 Å². The Bertz CT molecular complexity index is 1720. The maximum atomic E-state index is 14.1. The number of amides is 2. The molecule has 7 heterocycles. The van der Waals surface area contributed by atoms with Crippen LogP contribution >= 0.6 is 0 Å². The molecular weight excluding hydrogens is 630 g/mol. The molecule has 0 bridgehead atoms. The monoisotopic (exact) mass is 677 g/mol. The highest BCUT2D eigenvalue weighted by Crippen LogP contribution is 2.45. The summed E-state index contributed by atoms with van der Waals surface area (Å²) in [7, 11) is 0. The van der Waals surface area contributed by atoms with Crippen molar-refractivity contribution in [2.24, 2.45) is 11.3 Å². The molecule has 8 rings (SSSR count). The van der Waals surface area contributed by atoms with Crippen LogP contribution in [0.3, 0.4) is 0 Å². The summed E-state index contributed by atoms with van der Waals surface area (Å²) in [6, 6.07) is 10.6. The number of ether oxygens (including phenoxy) is 1. The van der Waals surface area contributed by atoms with E-state index < -0.39 is 0 Å². The van der Waals surface area contributed by atoms with Crippen LogP contribution in [0.5, 0.6) is 5.88 Å². The molecule has 4 fully saturated rings. The number of carbonyl (C=O) groups is 2. The van der Waals surface area contributed by atoms with Gasteiger partial charge >= 0.3 is 0 Å². The van der Waals surface area contributed by atoms with E-state index in [-0.39, 0.29) is 29.5 Å². The number of hydrazine groups is 1. The average Bonchev–Trinajstić information content (AvgIpc) is 3.85. The Morgan fingerprint density at radius 3 is 2.60 bits per heavy atom. The normalized spacial score (nSPS) is 28.4. The number of nitrogens with zero attached hydrogens (tertiary/aromatic N) is 7. The Labute approximate surface area is 293 Å². The largest absolute Gasteiger partial charge is 0.475 e. The maximum Gasteiger partial charge on any atom is 0.237 e. The van der Waals surface area contributed by atoms with Crippen molar-refractivity contribution in [2.45, 2.75) is 76.6 Å². The number of nitrogens with one attached hydrogen (secondary N) is 2. The molecule has 262 valence electrons. The van der Waals surface area contributed by atoms with Crippen LogP contribution in [0.1, 0.15) is 69.7 Å². The van der Waals surface area contributed by atoms with E-state index in [0.29, 0.717) is 55.8 Å². The summed E-state index contributed by atoms with van der Waals surface area (Å²) in [5, 5.41) is 0. The summed E-state index contributed by atoms with van der Waals surface area (Å²) in [6.45, 7) is 7.88. The molecule has 4 aliphatic heterocycles. The van der Waals surface area contributed by atoms with E-state index in [4.69, 9.17) is 4.74 Å². The molecule has 1 saturated carbocycles. The first-order chi connectivity index (χ1) is 24.3. The predicted octanol–water partition coefficient (Wildman–Crippen LogP) is 3.65. The summed E-state index contributed by atoms with van der Waals surface area (Å²) in [5.41, 5.74) is 10.8. The first-order valence-electron chi connectivity index (χ1n) is 18.2. The Morgan fingerprint density at radius 1 is 1.00 bits per heavy atom. The van der Waals surface area contributed by atoms with Gasteiger partial charge < -0.3 is 14.5 Å². The summed E-state index contributed by atoms with van der Waals surface area (Å²) >= 11 is 0. The van der Waals surface area contributed by atoms with Crippen molar-refractivity contribution in [3.05, 3.63) is 72.5 Å². The van der Waals surface area contributed by atoms with Gasteiger partial charge in [-0.2, -0.15) is 0 Å². The van der Waals surface area contributed by atoms with E-state index in [1.54, 1.807) is 18.5 Å². The number of rotatable bonds is 8. The van der Waals surface area contributed by atoms with Gasteiger partial charge in [-0.1, -0.05) is 12.1 Å². The number of pyridine rings is 2. The second-order valence-corrected chi connectivity index (χ2v) is 14.9. The molecule has 12 heteroatoms. The van der Waals surface area contributed by atoms with E-state index in [0.717, 1.165) is 74.0 Å². The van der Waals surface area contributed by atoms with Gasteiger partial charge in [0.05, 0.1) is 29.8 Å². The molecule has 0 aromatic carbocycles. The number of hydrogen-bond donors (Lipinski definition) is 2. The van der Waals surface area contributed by atoms with Gasteiger partial charge in [0.15, 0.2) is 5.82 Å². The fourth-order valence-corrected chi connectivity index (χ4v) is 8.79. The second-order valence-electron chi connectivity index (χ2n) is 14.9. The molecule has 1 aliphatic carbocycles. The van der Waals surface area contributed by atoms with Gasteiger partial charge in [-0.15, -0.1) is 0 Å². The number of aromatic nitrogens is 4. The van der Waals surface area contributed by atoms with Crippen LogP contribution in [0.4, 0.5) is 0 Å². The first-order valence-corrected chi connectivity index (χ1v) is 18.2. The number of hydrogen-bond acceptors (Lipinski definition) is 10. The zero-order valence-electron chi connectivity index (χ0n) is 29.0. The van der Waals surface area contributed by atoms with Crippen LogP contribution in [-0.4, -0.2) is 104 Å². The van der Waals surface area contributed by atoms with E-state index in [9.17, 15) is 9.59 Å². The molecule has 2 amide bonds. The molecule has 3 aromatic heterocycles. The predicted molar refractivity (Wildman–Crippen MR) is 188 cm³/mol. The molecule has 12 nitrogen and oxygen atoms in total. The Morgan fingerprint density at radius 2 is 1.86 bits per heavy atom. The summed E-state index contributed by atoms with van der Waals surface area (Å²) in [5.74, 6) is 2.11. The van der Waals surface area contributed by atoms with Crippen molar-refractivity contribution < 1.29 is 14.3 Å². The van der Waals surface area contributed by atoms with Crippen LogP contribution in [0.2, 0.25) is 0 Å². The Kier molecular flexibility index (Phi) is 9.09.